The van der Waals surface area contributed by atoms with Crippen molar-refractivity contribution in [3.05, 3.63) is 58.5 Å². The maximum Gasteiger partial charge on any atom is 0.338 e. The van der Waals surface area contributed by atoms with Crippen molar-refractivity contribution in [2.24, 2.45) is 0 Å². The number of aromatic nitrogens is 1. The quantitative estimate of drug-likeness (QED) is 0.871. The number of nitrogens with zero attached hydrogens (tertiary/aromatic N) is 1. The van der Waals surface area contributed by atoms with Gasteiger partial charge in [-0.3, -0.25) is 0 Å². The van der Waals surface area contributed by atoms with Crippen LogP contribution in [0.25, 0.3) is 0 Å². The topological polar surface area (TPSA) is 50.2 Å². The van der Waals surface area contributed by atoms with Gasteiger partial charge in [-0.1, -0.05) is 17.7 Å². The van der Waals surface area contributed by atoms with Crippen LogP contribution in [0.3, 0.4) is 0 Å². The fourth-order valence-corrected chi connectivity index (χ4v) is 2.76. The molecular formula is C13H9ClFNO2S. The molecule has 2 rings (SSSR count). The van der Waals surface area contributed by atoms with Gasteiger partial charge in [0.25, 0.3) is 0 Å². The minimum Gasteiger partial charge on any atom is -0.478 e. The summed E-state index contributed by atoms with van der Waals surface area (Å²) in [6.07, 6.45) is 1.53. The molecule has 0 atom stereocenters. The highest BCUT2D eigenvalue weighted by molar-refractivity contribution is 7.98. The third-order valence-electron chi connectivity index (χ3n) is 2.38. The Morgan fingerprint density at radius 1 is 1.42 bits per heavy atom. The number of hydrogen-bond acceptors (Lipinski definition) is 3. The average Bonchev–Trinajstić information content (AvgIpc) is 2.38. The van der Waals surface area contributed by atoms with Crippen molar-refractivity contribution in [3.8, 4) is 0 Å². The lowest BCUT2D eigenvalue weighted by atomic mass is 10.2. The summed E-state index contributed by atoms with van der Waals surface area (Å²) in [6, 6.07) is 7.18. The first kappa shape index (κ1) is 13.8. The van der Waals surface area contributed by atoms with Gasteiger partial charge in [0, 0.05) is 17.0 Å². The molecule has 1 heterocycles. The van der Waals surface area contributed by atoms with E-state index >= 15 is 0 Å². The number of thioether (sulfide) groups is 1. The Bertz CT molecular complexity index is 621. The number of carbonyl (C=O) groups is 1. The van der Waals surface area contributed by atoms with Crippen molar-refractivity contribution in [1.29, 1.82) is 0 Å². The lowest BCUT2D eigenvalue weighted by molar-refractivity contribution is 0.0692. The molecule has 2 aromatic rings. The van der Waals surface area contributed by atoms with Gasteiger partial charge < -0.3 is 5.11 Å². The Kier molecular flexibility index (Phi) is 4.39. The van der Waals surface area contributed by atoms with Crippen LogP contribution in [0.15, 0.2) is 41.6 Å². The van der Waals surface area contributed by atoms with Crippen molar-refractivity contribution < 1.29 is 14.3 Å². The fraction of sp³-hybridized carbons (Fsp3) is 0.0769. The van der Waals surface area contributed by atoms with E-state index in [1.165, 1.54) is 36.2 Å². The molecule has 0 unspecified atom stereocenters. The standard InChI is InChI=1S/C13H9ClFNO2S/c14-11-6-9(15)4-3-8(11)7-19-12-10(13(17)18)2-1-5-16-12/h1-6H,7H2,(H,17,18). The average molecular weight is 298 g/mol. The number of rotatable bonds is 4. The van der Waals surface area contributed by atoms with E-state index in [4.69, 9.17) is 16.7 Å². The lowest BCUT2D eigenvalue weighted by Gasteiger charge is -2.06. The molecule has 0 aliphatic heterocycles. The number of hydrogen-bond donors (Lipinski definition) is 1. The zero-order valence-corrected chi connectivity index (χ0v) is 11.2. The van der Waals surface area contributed by atoms with Gasteiger partial charge in [-0.15, -0.1) is 11.8 Å². The van der Waals surface area contributed by atoms with Crippen LogP contribution < -0.4 is 0 Å². The molecule has 3 nitrogen and oxygen atoms in total. The molecule has 0 saturated heterocycles. The number of carboxylic acid groups (broad SMARTS) is 1. The molecule has 98 valence electrons. The predicted molar refractivity (Wildman–Crippen MR) is 72.2 cm³/mol. The van der Waals surface area contributed by atoms with Crippen LogP contribution in [-0.4, -0.2) is 16.1 Å². The zero-order valence-electron chi connectivity index (χ0n) is 9.64. The fourth-order valence-electron chi connectivity index (χ4n) is 1.45. The maximum absolute atomic E-state index is 12.9. The first-order chi connectivity index (χ1) is 9.08. The molecule has 0 spiro atoms. The number of benzene rings is 1. The third-order valence-corrected chi connectivity index (χ3v) is 3.79. The Balaban J connectivity index is 2.17. The highest BCUT2D eigenvalue weighted by atomic mass is 35.5. The van der Waals surface area contributed by atoms with Crippen LogP contribution in [0.5, 0.6) is 0 Å². The SMILES string of the molecule is O=C(O)c1cccnc1SCc1ccc(F)cc1Cl. The van der Waals surface area contributed by atoms with E-state index in [1.807, 2.05) is 0 Å². The van der Waals surface area contributed by atoms with E-state index in [-0.39, 0.29) is 5.56 Å². The highest BCUT2D eigenvalue weighted by Gasteiger charge is 2.12. The van der Waals surface area contributed by atoms with Crippen molar-refractivity contribution in [3.63, 3.8) is 0 Å². The largest absolute Gasteiger partial charge is 0.478 e. The van der Waals surface area contributed by atoms with E-state index in [1.54, 1.807) is 12.1 Å². The molecule has 1 N–H and O–H groups in total. The molecule has 19 heavy (non-hydrogen) atoms. The number of aromatic carboxylic acids is 1. The lowest BCUT2D eigenvalue weighted by Crippen LogP contribution is -2.00. The highest BCUT2D eigenvalue weighted by Crippen LogP contribution is 2.28. The van der Waals surface area contributed by atoms with Gasteiger partial charge in [-0.2, -0.15) is 0 Å². The summed E-state index contributed by atoms with van der Waals surface area (Å²) in [4.78, 5) is 15.0. The second-order valence-corrected chi connectivity index (χ2v) is 5.06. The van der Waals surface area contributed by atoms with E-state index in [2.05, 4.69) is 4.98 Å². The minimum atomic E-state index is -1.03. The summed E-state index contributed by atoms with van der Waals surface area (Å²) in [7, 11) is 0. The summed E-state index contributed by atoms with van der Waals surface area (Å²) in [5.41, 5.74) is 0.876. The molecule has 1 aromatic carbocycles. The van der Waals surface area contributed by atoms with Crippen molar-refractivity contribution >= 4 is 29.3 Å². The molecule has 0 saturated carbocycles. The summed E-state index contributed by atoms with van der Waals surface area (Å²) in [5.74, 6) is -1.00. The predicted octanol–water partition coefficient (Wildman–Crippen LogP) is 3.86. The summed E-state index contributed by atoms with van der Waals surface area (Å²) in [6.45, 7) is 0. The van der Waals surface area contributed by atoms with Gasteiger partial charge >= 0.3 is 5.97 Å². The Morgan fingerprint density at radius 3 is 2.89 bits per heavy atom. The second kappa shape index (κ2) is 6.04. The normalized spacial score (nSPS) is 10.4. The van der Waals surface area contributed by atoms with Gasteiger partial charge in [0.05, 0.1) is 5.56 Å². The first-order valence-electron chi connectivity index (χ1n) is 5.33. The van der Waals surface area contributed by atoms with Gasteiger partial charge in [0.15, 0.2) is 0 Å². The molecule has 0 fully saturated rings. The van der Waals surface area contributed by atoms with Crippen LogP contribution >= 0.6 is 23.4 Å². The maximum atomic E-state index is 12.9. The summed E-state index contributed by atoms with van der Waals surface area (Å²) < 4.78 is 12.9. The molecule has 0 amide bonds. The van der Waals surface area contributed by atoms with E-state index in [0.29, 0.717) is 15.8 Å². The molecule has 0 bridgehead atoms. The third kappa shape index (κ3) is 3.45. The Labute approximate surface area is 118 Å². The second-order valence-electron chi connectivity index (χ2n) is 3.69. The van der Waals surface area contributed by atoms with Gasteiger partial charge in [-0.25, -0.2) is 14.2 Å². The van der Waals surface area contributed by atoms with E-state index in [9.17, 15) is 9.18 Å². The van der Waals surface area contributed by atoms with Crippen LogP contribution in [-0.2, 0) is 5.75 Å². The minimum absolute atomic E-state index is 0.144. The van der Waals surface area contributed by atoms with Crippen molar-refractivity contribution in [2.45, 2.75) is 10.8 Å². The van der Waals surface area contributed by atoms with Crippen LogP contribution in [0.4, 0.5) is 4.39 Å². The molecule has 1 aromatic heterocycles. The number of carboxylic acids is 1. The zero-order chi connectivity index (χ0) is 13.8. The number of halogens is 2. The van der Waals surface area contributed by atoms with E-state index < -0.39 is 11.8 Å². The van der Waals surface area contributed by atoms with Crippen LogP contribution in [0.2, 0.25) is 5.02 Å². The molecule has 0 radical (unpaired) electrons. The van der Waals surface area contributed by atoms with Crippen molar-refractivity contribution in [2.75, 3.05) is 0 Å². The van der Waals surface area contributed by atoms with Gasteiger partial charge in [0.1, 0.15) is 10.8 Å². The molecule has 0 aliphatic rings. The molecule has 0 aliphatic carbocycles. The monoisotopic (exact) mass is 297 g/mol. The van der Waals surface area contributed by atoms with Crippen LogP contribution in [0, 0.1) is 5.82 Å². The Morgan fingerprint density at radius 2 is 2.21 bits per heavy atom. The molecular weight excluding hydrogens is 289 g/mol. The summed E-state index contributed by atoms with van der Waals surface area (Å²) >= 11 is 7.16. The summed E-state index contributed by atoms with van der Waals surface area (Å²) in [5, 5.41) is 9.76. The molecule has 6 heteroatoms. The van der Waals surface area contributed by atoms with E-state index in [0.717, 1.165) is 5.56 Å². The van der Waals surface area contributed by atoms with Crippen molar-refractivity contribution in [1.82, 2.24) is 4.98 Å². The first-order valence-corrected chi connectivity index (χ1v) is 6.69. The smallest absolute Gasteiger partial charge is 0.338 e. The van der Waals surface area contributed by atoms with Crippen LogP contribution in [0.1, 0.15) is 15.9 Å². The number of pyridine rings is 1. The Hall–Kier alpha value is -1.59. The van der Waals surface area contributed by atoms with Gasteiger partial charge in [0.2, 0.25) is 0 Å². The van der Waals surface area contributed by atoms with Gasteiger partial charge in [-0.05, 0) is 29.8 Å².